The number of nitrogens with zero attached hydrogens (tertiary/aromatic N) is 1. The summed E-state index contributed by atoms with van der Waals surface area (Å²) in [5, 5.41) is 2.88. The number of likely N-dealkylation sites (tertiary alicyclic amines) is 1. The first-order chi connectivity index (χ1) is 12.6. The predicted octanol–water partition coefficient (Wildman–Crippen LogP) is 3.20. The molecular formula is C19H19FN2O4. The van der Waals surface area contributed by atoms with Crippen molar-refractivity contribution in [2.45, 2.75) is 13.0 Å². The summed E-state index contributed by atoms with van der Waals surface area (Å²) in [7, 11) is 0. The average Bonchev–Trinajstić information content (AvgIpc) is 2.59. The van der Waals surface area contributed by atoms with Crippen LogP contribution in [0, 0.1) is 12.7 Å². The third-order valence-corrected chi connectivity index (χ3v) is 4.40. The highest BCUT2D eigenvalue weighted by molar-refractivity contribution is 5.91. The van der Waals surface area contributed by atoms with Gasteiger partial charge in [0.1, 0.15) is 19.3 Å². The van der Waals surface area contributed by atoms with Gasteiger partial charge in [0, 0.05) is 11.8 Å². The minimum Gasteiger partial charge on any atom is -0.486 e. The number of para-hydroxylation sites is 1. The Morgan fingerprint density at radius 1 is 1.19 bits per heavy atom. The van der Waals surface area contributed by atoms with Gasteiger partial charge in [-0.1, -0.05) is 12.1 Å². The number of rotatable bonds is 3. The van der Waals surface area contributed by atoms with Crippen molar-refractivity contribution in [2.24, 2.45) is 0 Å². The van der Waals surface area contributed by atoms with E-state index in [0.29, 0.717) is 43.5 Å². The number of fused-ring (bicyclic) bond motifs is 1. The van der Waals surface area contributed by atoms with Crippen LogP contribution in [0.2, 0.25) is 0 Å². The standard InChI is InChI=1S/C19H19FN2O4/c1-12-8-17-18(25-7-6-24-17)9-15(12)21-19(23)22-10-13(11-22)26-16-5-3-2-4-14(16)20/h2-5,8-9,13H,6-7,10-11H2,1H3,(H,21,23). The summed E-state index contributed by atoms with van der Waals surface area (Å²) >= 11 is 0. The third kappa shape index (κ3) is 3.24. The SMILES string of the molecule is Cc1cc2c(cc1NC(=O)N1CC(Oc3ccccc3F)C1)OCCO2. The Morgan fingerprint density at radius 3 is 2.62 bits per heavy atom. The van der Waals surface area contributed by atoms with Gasteiger partial charge >= 0.3 is 6.03 Å². The minimum absolute atomic E-state index is 0.209. The van der Waals surface area contributed by atoms with Crippen LogP contribution in [-0.2, 0) is 0 Å². The van der Waals surface area contributed by atoms with E-state index in [1.54, 1.807) is 29.2 Å². The molecule has 2 heterocycles. The third-order valence-electron chi connectivity index (χ3n) is 4.40. The number of urea groups is 1. The summed E-state index contributed by atoms with van der Waals surface area (Å²) in [4.78, 5) is 14.0. The molecule has 2 aromatic rings. The first-order valence-corrected chi connectivity index (χ1v) is 8.47. The molecular weight excluding hydrogens is 339 g/mol. The number of nitrogens with one attached hydrogen (secondary N) is 1. The zero-order valence-corrected chi connectivity index (χ0v) is 14.3. The predicted molar refractivity (Wildman–Crippen MR) is 93.6 cm³/mol. The van der Waals surface area contributed by atoms with E-state index in [0.717, 1.165) is 5.56 Å². The molecule has 7 heteroatoms. The summed E-state index contributed by atoms with van der Waals surface area (Å²) in [5.41, 5.74) is 1.57. The Bertz CT molecular complexity index is 836. The zero-order chi connectivity index (χ0) is 18.1. The summed E-state index contributed by atoms with van der Waals surface area (Å²) in [6.07, 6.45) is -0.209. The molecule has 0 unspecified atom stereocenters. The topological polar surface area (TPSA) is 60.0 Å². The van der Waals surface area contributed by atoms with Gasteiger partial charge in [-0.2, -0.15) is 0 Å². The molecule has 0 saturated carbocycles. The first-order valence-electron chi connectivity index (χ1n) is 8.47. The van der Waals surface area contributed by atoms with Crippen molar-refractivity contribution >= 4 is 11.7 Å². The van der Waals surface area contributed by atoms with Gasteiger partial charge in [-0.15, -0.1) is 0 Å². The fraction of sp³-hybridized carbons (Fsp3) is 0.316. The molecule has 6 nitrogen and oxygen atoms in total. The second-order valence-electron chi connectivity index (χ2n) is 6.32. The normalized spacial score (nSPS) is 16.0. The number of ether oxygens (including phenoxy) is 3. The largest absolute Gasteiger partial charge is 0.486 e. The van der Waals surface area contributed by atoms with E-state index >= 15 is 0 Å². The first kappa shape index (κ1) is 16.5. The summed E-state index contributed by atoms with van der Waals surface area (Å²) < 4.78 is 30.3. The van der Waals surface area contributed by atoms with Crippen molar-refractivity contribution in [2.75, 3.05) is 31.6 Å². The number of aryl methyl sites for hydroxylation is 1. The number of carbonyl (C=O) groups is 1. The molecule has 1 saturated heterocycles. The van der Waals surface area contributed by atoms with Crippen LogP contribution in [0.3, 0.4) is 0 Å². The maximum Gasteiger partial charge on any atom is 0.322 e. The Hall–Kier alpha value is -2.96. The van der Waals surface area contributed by atoms with Gasteiger partial charge in [-0.05, 0) is 30.7 Å². The molecule has 0 aliphatic carbocycles. The van der Waals surface area contributed by atoms with Crippen LogP contribution in [-0.4, -0.2) is 43.3 Å². The highest BCUT2D eigenvalue weighted by Gasteiger charge is 2.33. The lowest BCUT2D eigenvalue weighted by molar-refractivity contribution is 0.0466. The Kier molecular flexibility index (Phi) is 4.28. The number of anilines is 1. The maximum atomic E-state index is 13.6. The van der Waals surface area contributed by atoms with Gasteiger partial charge in [0.05, 0.1) is 13.1 Å². The number of hydrogen-bond donors (Lipinski definition) is 1. The molecule has 0 bridgehead atoms. The van der Waals surface area contributed by atoms with Gasteiger partial charge in [0.2, 0.25) is 0 Å². The van der Waals surface area contributed by atoms with Crippen molar-refractivity contribution in [3.05, 3.63) is 47.8 Å². The number of amides is 2. The van der Waals surface area contributed by atoms with Gasteiger partial charge in [-0.25, -0.2) is 9.18 Å². The van der Waals surface area contributed by atoms with Crippen LogP contribution in [0.15, 0.2) is 36.4 Å². The Balaban J connectivity index is 1.35. The molecule has 1 N–H and O–H groups in total. The lowest BCUT2D eigenvalue weighted by Gasteiger charge is -2.38. The molecule has 26 heavy (non-hydrogen) atoms. The summed E-state index contributed by atoms with van der Waals surface area (Å²) in [6.45, 7) is 3.72. The molecule has 4 rings (SSSR count). The Morgan fingerprint density at radius 2 is 1.88 bits per heavy atom. The van der Waals surface area contributed by atoms with Gasteiger partial charge < -0.3 is 24.4 Å². The molecule has 1 fully saturated rings. The maximum absolute atomic E-state index is 13.6. The second kappa shape index (κ2) is 6.74. The lowest BCUT2D eigenvalue weighted by atomic mass is 10.1. The molecule has 0 spiro atoms. The molecule has 0 aromatic heterocycles. The van der Waals surface area contributed by atoms with Crippen LogP contribution in [0.5, 0.6) is 17.2 Å². The van der Waals surface area contributed by atoms with Gasteiger partial charge in [0.15, 0.2) is 23.1 Å². The number of halogens is 1. The zero-order valence-electron chi connectivity index (χ0n) is 14.3. The van der Waals surface area contributed by atoms with Crippen LogP contribution in [0.4, 0.5) is 14.9 Å². The van der Waals surface area contributed by atoms with E-state index in [1.165, 1.54) is 6.07 Å². The summed E-state index contributed by atoms with van der Waals surface area (Å²) in [6, 6.07) is 9.65. The molecule has 136 valence electrons. The monoisotopic (exact) mass is 358 g/mol. The fourth-order valence-electron chi connectivity index (χ4n) is 2.92. The second-order valence-corrected chi connectivity index (χ2v) is 6.32. The Labute approximate surface area is 150 Å². The van der Waals surface area contributed by atoms with E-state index in [9.17, 15) is 9.18 Å². The van der Waals surface area contributed by atoms with Gasteiger partial charge in [0.25, 0.3) is 0 Å². The molecule has 2 amide bonds. The number of hydrogen-bond acceptors (Lipinski definition) is 4. The van der Waals surface area contributed by atoms with Gasteiger partial charge in [-0.3, -0.25) is 0 Å². The minimum atomic E-state index is -0.401. The van der Waals surface area contributed by atoms with Crippen LogP contribution >= 0.6 is 0 Å². The van der Waals surface area contributed by atoms with E-state index in [1.807, 2.05) is 13.0 Å². The average molecular weight is 358 g/mol. The molecule has 0 atom stereocenters. The van der Waals surface area contributed by atoms with E-state index in [2.05, 4.69) is 5.32 Å². The quantitative estimate of drug-likeness (QED) is 0.915. The highest BCUT2D eigenvalue weighted by atomic mass is 19.1. The number of benzene rings is 2. The van der Waals surface area contributed by atoms with Crippen molar-refractivity contribution in [1.82, 2.24) is 4.90 Å². The van der Waals surface area contributed by atoms with Crippen LogP contribution < -0.4 is 19.5 Å². The van der Waals surface area contributed by atoms with Crippen molar-refractivity contribution < 1.29 is 23.4 Å². The highest BCUT2D eigenvalue weighted by Crippen LogP contribution is 2.35. The number of carbonyl (C=O) groups excluding carboxylic acids is 1. The molecule has 0 radical (unpaired) electrons. The van der Waals surface area contributed by atoms with E-state index in [4.69, 9.17) is 14.2 Å². The smallest absolute Gasteiger partial charge is 0.322 e. The lowest BCUT2D eigenvalue weighted by Crippen LogP contribution is -2.57. The molecule has 2 aliphatic heterocycles. The van der Waals surface area contributed by atoms with Crippen molar-refractivity contribution in [3.8, 4) is 17.2 Å². The van der Waals surface area contributed by atoms with E-state index < -0.39 is 5.82 Å². The molecule has 2 aromatic carbocycles. The van der Waals surface area contributed by atoms with E-state index in [-0.39, 0.29) is 17.9 Å². The van der Waals surface area contributed by atoms with Crippen LogP contribution in [0.25, 0.3) is 0 Å². The van der Waals surface area contributed by atoms with Crippen LogP contribution in [0.1, 0.15) is 5.56 Å². The van der Waals surface area contributed by atoms with Crippen molar-refractivity contribution in [3.63, 3.8) is 0 Å². The fourth-order valence-corrected chi connectivity index (χ4v) is 2.92. The summed E-state index contributed by atoms with van der Waals surface area (Å²) in [5.74, 6) is 1.12. The molecule has 2 aliphatic rings. The van der Waals surface area contributed by atoms with Crippen molar-refractivity contribution in [1.29, 1.82) is 0 Å².